The fourth-order valence-electron chi connectivity index (χ4n) is 3.18. The summed E-state index contributed by atoms with van der Waals surface area (Å²) in [6, 6.07) is 5.24. The van der Waals surface area contributed by atoms with Crippen molar-refractivity contribution >= 4 is 51.0 Å². The molecule has 1 aliphatic rings. The number of aryl methyl sites for hydroxylation is 3. The summed E-state index contributed by atoms with van der Waals surface area (Å²) >= 11 is 14.0. The van der Waals surface area contributed by atoms with E-state index in [0.717, 1.165) is 29.7 Å². The molecular formula is C18H15Cl2N3OS. The number of fused-ring (bicyclic) bond motifs is 3. The topological polar surface area (TPSA) is 47.2 Å². The highest BCUT2D eigenvalue weighted by atomic mass is 35.5. The first-order valence-corrected chi connectivity index (χ1v) is 9.66. The van der Waals surface area contributed by atoms with E-state index in [9.17, 15) is 4.79 Å². The molecule has 0 atom stereocenters. The fourth-order valence-corrected chi connectivity index (χ4v) is 4.98. The lowest BCUT2D eigenvalue weighted by molar-refractivity contribution is 0.698. The molecule has 7 heteroatoms. The monoisotopic (exact) mass is 391 g/mol. The maximum absolute atomic E-state index is 13.0. The Morgan fingerprint density at radius 2 is 1.96 bits per heavy atom. The molecule has 0 aliphatic heterocycles. The Bertz CT molecular complexity index is 1050. The zero-order valence-corrected chi connectivity index (χ0v) is 15.9. The summed E-state index contributed by atoms with van der Waals surface area (Å²) < 4.78 is 1.34. The molecule has 0 bridgehead atoms. The van der Waals surface area contributed by atoms with Gasteiger partial charge in [0.1, 0.15) is 10.7 Å². The largest absolute Gasteiger partial charge is 0.283 e. The molecule has 2 heterocycles. The average Bonchev–Trinajstić information content (AvgIpc) is 2.95. The third-order valence-corrected chi connectivity index (χ3v) is 6.28. The van der Waals surface area contributed by atoms with Crippen molar-refractivity contribution in [3.63, 3.8) is 0 Å². The summed E-state index contributed by atoms with van der Waals surface area (Å²) in [4.78, 5) is 19.7. The molecule has 0 N–H and O–H groups in total. The van der Waals surface area contributed by atoms with Crippen LogP contribution in [0.2, 0.25) is 10.0 Å². The third kappa shape index (κ3) is 2.90. The molecule has 3 aromatic rings. The van der Waals surface area contributed by atoms with Crippen LogP contribution in [0, 0.1) is 6.92 Å². The second kappa shape index (κ2) is 6.56. The molecule has 0 fully saturated rings. The number of benzene rings is 1. The SMILES string of the molecule is Cc1nc2sc3c(c2c(=O)n1/N=C/c1c(Cl)cccc1Cl)CCCC3. The van der Waals surface area contributed by atoms with Crippen LogP contribution in [0.1, 0.15) is 34.7 Å². The second-order valence-electron chi connectivity index (χ2n) is 6.05. The van der Waals surface area contributed by atoms with Crippen LogP contribution in [-0.4, -0.2) is 15.9 Å². The van der Waals surface area contributed by atoms with Gasteiger partial charge in [-0.25, -0.2) is 4.98 Å². The summed E-state index contributed by atoms with van der Waals surface area (Å²) in [5.74, 6) is 0.551. The van der Waals surface area contributed by atoms with Gasteiger partial charge in [0, 0.05) is 10.4 Å². The number of hydrogen-bond donors (Lipinski definition) is 0. The summed E-state index contributed by atoms with van der Waals surface area (Å²) in [6.45, 7) is 1.78. The normalized spacial score (nSPS) is 14.4. The van der Waals surface area contributed by atoms with Gasteiger partial charge in [0.15, 0.2) is 0 Å². The molecule has 2 aromatic heterocycles. The highest BCUT2D eigenvalue weighted by Crippen LogP contribution is 2.33. The second-order valence-corrected chi connectivity index (χ2v) is 7.94. The average molecular weight is 392 g/mol. The highest BCUT2D eigenvalue weighted by molar-refractivity contribution is 7.18. The molecule has 1 aliphatic carbocycles. The first-order valence-electron chi connectivity index (χ1n) is 8.08. The van der Waals surface area contributed by atoms with Gasteiger partial charge in [-0.15, -0.1) is 11.3 Å². The molecule has 0 unspecified atom stereocenters. The summed E-state index contributed by atoms with van der Waals surface area (Å²) in [5, 5.41) is 6.02. The van der Waals surface area contributed by atoms with E-state index in [2.05, 4.69) is 10.1 Å². The van der Waals surface area contributed by atoms with E-state index in [-0.39, 0.29) is 5.56 Å². The Labute approximate surface area is 158 Å². The van der Waals surface area contributed by atoms with Gasteiger partial charge in [0.05, 0.1) is 21.6 Å². The lowest BCUT2D eigenvalue weighted by Crippen LogP contribution is -2.21. The van der Waals surface area contributed by atoms with Crippen molar-refractivity contribution < 1.29 is 0 Å². The van der Waals surface area contributed by atoms with Crippen molar-refractivity contribution in [3.05, 3.63) is 60.4 Å². The van der Waals surface area contributed by atoms with Crippen LogP contribution < -0.4 is 5.56 Å². The number of nitrogens with zero attached hydrogens (tertiary/aromatic N) is 3. The van der Waals surface area contributed by atoms with Crippen molar-refractivity contribution in [2.75, 3.05) is 0 Å². The Kier molecular flexibility index (Phi) is 4.40. The van der Waals surface area contributed by atoms with Gasteiger partial charge >= 0.3 is 0 Å². The van der Waals surface area contributed by atoms with Crippen LogP contribution in [0.4, 0.5) is 0 Å². The van der Waals surface area contributed by atoms with Crippen molar-refractivity contribution in [3.8, 4) is 0 Å². The molecule has 4 rings (SSSR count). The number of halogens is 2. The van der Waals surface area contributed by atoms with E-state index in [1.54, 1.807) is 36.5 Å². The molecule has 4 nitrogen and oxygen atoms in total. The lowest BCUT2D eigenvalue weighted by Gasteiger charge is -2.10. The van der Waals surface area contributed by atoms with Crippen molar-refractivity contribution in [1.29, 1.82) is 0 Å². The summed E-state index contributed by atoms with van der Waals surface area (Å²) in [7, 11) is 0. The van der Waals surface area contributed by atoms with Gasteiger partial charge in [0.2, 0.25) is 0 Å². The number of thiophene rings is 1. The molecule has 0 amide bonds. The lowest BCUT2D eigenvalue weighted by atomic mass is 9.97. The molecule has 0 saturated heterocycles. The first kappa shape index (κ1) is 16.8. The van der Waals surface area contributed by atoms with Crippen LogP contribution in [-0.2, 0) is 12.8 Å². The van der Waals surface area contributed by atoms with Gasteiger partial charge in [-0.3, -0.25) is 4.79 Å². The summed E-state index contributed by atoms with van der Waals surface area (Å²) in [6.07, 6.45) is 5.79. The Morgan fingerprint density at radius 3 is 2.72 bits per heavy atom. The van der Waals surface area contributed by atoms with E-state index < -0.39 is 0 Å². The molecule has 25 heavy (non-hydrogen) atoms. The minimum atomic E-state index is -0.124. The van der Waals surface area contributed by atoms with Crippen molar-refractivity contribution in [2.45, 2.75) is 32.6 Å². The minimum Gasteiger partial charge on any atom is -0.267 e. The molecule has 1 aromatic carbocycles. The van der Waals surface area contributed by atoms with E-state index >= 15 is 0 Å². The van der Waals surface area contributed by atoms with E-state index in [1.807, 2.05) is 0 Å². The standard InChI is InChI=1S/C18H15Cl2N3OS/c1-10-22-17-16(11-5-2-3-8-15(11)25-17)18(24)23(10)21-9-12-13(19)6-4-7-14(12)20/h4,6-7,9H,2-3,5,8H2,1H3/b21-9+. The van der Waals surface area contributed by atoms with E-state index in [0.29, 0.717) is 26.8 Å². The van der Waals surface area contributed by atoms with Crippen LogP contribution in [0.25, 0.3) is 10.2 Å². The third-order valence-electron chi connectivity index (χ3n) is 4.43. The summed E-state index contributed by atoms with van der Waals surface area (Å²) in [5.41, 5.74) is 1.62. The molecule has 0 spiro atoms. The van der Waals surface area contributed by atoms with E-state index in [4.69, 9.17) is 23.2 Å². The van der Waals surface area contributed by atoms with Gasteiger partial charge < -0.3 is 0 Å². The highest BCUT2D eigenvalue weighted by Gasteiger charge is 2.21. The fraction of sp³-hybridized carbons (Fsp3) is 0.278. The zero-order chi connectivity index (χ0) is 17.6. The van der Waals surface area contributed by atoms with Gasteiger partial charge in [-0.2, -0.15) is 9.78 Å². The molecular weight excluding hydrogens is 377 g/mol. The maximum Gasteiger partial charge on any atom is 0.283 e. The smallest absolute Gasteiger partial charge is 0.267 e. The first-order chi connectivity index (χ1) is 12.1. The van der Waals surface area contributed by atoms with Crippen LogP contribution in [0.5, 0.6) is 0 Å². The van der Waals surface area contributed by atoms with Crippen LogP contribution in [0.15, 0.2) is 28.1 Å². The van der Waals surface area contributed by atoms with Crippen LogP contribution in [0.3, 0.4) is 0 Å². The molecule has 0 saturated carbocycles. The zero-order valence-electron chi connectivity index (χ0n) is 13.6. The predicted molar refractivity (Wildman–Crippen MR) is 105 cm³/mol. The van der Waals surface area contributed by atoms with Gasteiger partial charge in [-0.1, -0.05) is 29.3 Å². The number of hydrogen-bond acceptors (Lipinski definition) is 4. The Hall–Kier alpha value is -1.69. The molecule has 128 valence electrons. The number of rotatable bonds is 2. The van der Waals surface area contributed by atoms with Gasteiger partial charge in [-0.05, 0) is 50.3 Å². The maximum atomic E-state index is 13.0. The Morgan fingerprint density at radius 1 is 1.24 bits per heavy atom. The minimum absolute atomic E-state index is 0.124. The van der Waals surface area contributed by atoms with Gasteiger partial charge in [0.25, 0.3) is 5.56 Å². The predicted octanol–water partition coefficient (Wildman–Crippen LogP) is 4.83. The Balaban J connectivity index is 1.88. The van der Waals surface area contributed by atoms with Crippen LogP contribution >= 0.6 is 34.5 Å². The van der Waals surface area contributed by atoms with E-state index in [1.165, 1.54) is 22.2 Å². The van der Waals surface area contributed by atoms with Crippen molar-refractivity contribution in [2.24, 2.45) is 5.10 Å². The number of aromatic nitrogens is 2. The molecule has 0 radical (unpaired) electrons. The van der Waals surface area contributed by atoms with Crippen molar-refractivity contribution in [1.82, 2.24) is 9.66 Å². The quantitative estimate of drug-likeness (QED) is 0.587.